The highest BCUT2D eigenvalue weighted by molar-refractivity contribution is 7.19. The van der Waals surface area contributed by atoms with Crippen LogP contribution in [0, 0.1) is 0 Å². The first-order valence-electron chi connectivity index (χ1n) is 6.96. The number of hydrogen-bond donors (Lipinski definition) is 2. The van der Waals surface area contributed by atoms with E-state index < -0.39 is 0 Å². The van der Waals surface area contributed by atoms with Gasteiger partial charge in [0.15, 0.2) is 0 Å². The lowest BCUT2D eigenvalue weighted by atomic mass is 10.2. The normalized spacial score (nSPS) is 11.5. The molecule has 3 rings (SSSR count). The molecular weight excluding hydrogens is 389 g/mol. The number of aromatic nitrogens is 3. The maximum atomic E-state index is 6.03. The van der Waals surface area contributed by atoms with E-state index >= 15 is 0 Å². The summed E-state index contributed by atoms with van der Waals surface area (Å²) in [7, 11) is 0. The number of fused-ring (bicyclic) bond motifs is 1. The Morgan fingerprint density at radius 2 is 1.96 bits per heavy atom. The molecule has 3 aromatic heterocycles. The summed E-state index contributed by atoms with van der Waals surface area (Å²) in [6, 6.07) is 6.07. The molecule has 0 spiro atoms. The lowest BCUT2D eigenvalue weighted by Gasteiger charge is -2.06. The molecule has 1 atom stereocenters. The standard InChI is InChI=1S/C15H16ClN5S.2ClH/c1-9(17)6-11-7-12-13(22-11)14(21-15(16)20-12)19-8-10-2-4-18-5-3-10;;/h2-5,7,9H,6,8,17H2,1H3,(H,19,20,21);2*1H/t9-;;/m0../s1. The maximum Gasteiger partial charge on any atom is 0.224 e. The summed E-state index contributed by atoms with van der Waals surface area (Å²) in [4.78, 5) is 13.8. The summed E-state index contributed by atoms with van der Waals surface area (Å²) in [6.07, 6.45) is 4.36. The quantitative estimate of drug-likeness (QED) is 0.624. The fourth-order valence-corrected chi connectivity index (χ4v) is 3.55. The van der Waals surface area contributed by atoms with Crippen molar-refractivity contribution in [1.82, 2.24) is 15.0 Å². The second-order valence-electron chi connectivity index (χ2n) is 5.16. The van der Waals surface area contributed by atoms with E-state index in [1.165, 1.54) is 4.88 Å². The maximum absolute atomic E-state index is 6.03. The van der Waals surface area contributed by atoms with Crippen molar-refractivity contribution >= 4 is 63.8 Å². The summed E-state index contributed by atoms with van der Waals surface area (Å²) >= 11 is 7.69. The molecule has 0 bridgehead atoms. The summed E-state index contributed by atoms with van der Waals surface area (Å²) in [5, 5.41) is 3.57. The Hall–Kier alpha value is -1.18. The minimum Gasteiger partial charge on any atom is -0.365 e. The monoisotopic (exact) mass is 405 g/mol. The van der Waals surface area contributed by atoms with Gasteiger partial charge < -0.3 is 11.1 Å². The van der Waals surface area contributed by atoms with Crippen molar-refractivity contribution in [2.75, 3.05) is 5.32 Å². The van der Waals surface area contributed by atoms with Crippen LogP contribution in [0.1, 0.15) is 17.4 Å². The van der Waals surface area contributed by atoms with Crippen LogP contribution in [0.25, 0.3) is 10.2 Å². The molecular formula is C15H18Cl3N5S. The smallest absolute Gasteiger partial charge is 0.224 e. The Labute approximate surface area is 161 Å². The second-order valence-corrected chi connectivity index (χ2v) is 6.63. The van der Waals surface area contributed by atoms with Gasteiger partial charge in [0.1, 0.15) is 5.82 Å². The third-order valence-corrected chi connectivity index (χ3v) is 4.45. The third-order valence-electron chi connectivity index (χ3n) is 3.13. The van der Waals surface area contributed by atoms with E-state index in [1.54, 1.807) is 23.7 Å². The van der Waals surface area contributed by atoms with E-state index in [9.17, 15) is 0 Å². The average Bonchev–Trinajstić information content (AvgIpc) is 2.87. The van der Waals surface area contributed by atoms with Crippen LogP contribution in [0.2, 0.25) is 5.28 Å². The van der Waals surface area contributed by atoms with Gasteiger partial charge in [-0.3, -0.25) is 4.98 Å². The Kier molecular flexibility index (Phi) is 8.12. The van der Waals surface area contributed by atoms with E-state index in [4.69, 9.17) is 17.3 Å². The van der Waals surface area contributed by atoms with Crippen molar-refractivity contribution in [3.8, 4) is 0 Å². The number of nitrogens with two attached hydrogens (primary N) is 1. The van der Waals surface area contributed by atoms with Crippen LogP contribution in [0.3, 0.4) is 0 Å². The molecule has 0 aromatic carbocycles. The van der Waals surface area contributed by atoms with Crippen LogP contribution in [-0.4, -0.2) is 21.0 Å². The van der Waals surface area contributed by atoms with Crippen molar-refractivity contribution in [3.05, 3.63) is 46.3 Å². The zero-order valence-corrected chi connectivity index (χ0v) is 16.1. The molecule has 5 nitrogen and oxygen atoms in total. The van der Waals surface area contributed by atoms with Crippen molar-refractivity contribution < 1.29 is 0 Å². The van der Waals surface area contributed by atoms with Gasteiger partial charge in [0.25, 0.3) is 0 Å². The zero-order valence-electron chi connectivity index (χ0n) is 12.9. The van der Waals surface area contributed by atoms with Crippen molar-refractivity contribution in [1.29, 1.82) is 0 Å². The molecule has 3 heterocycles. The van der Waals surface area contributed by atoms with Crippen LogP contribution >= 0.6 is 47.8 Å². The Morgan fingerprint density at radius 3 is 2.62 bits per heavy atom. The lowest BCUT2D eigenvalue weighted by Crippen LogP contribution is -2.16. The molecule has 24 heavy (non-hydrogen) atoms. The Bertz CT molecular complexity index is 779. The van der Waals surface area contributed by atoms with Gasteiger partial charge in [0, 0.05) is 29.9 Å². The largest absolute Gasteiger partial charge is 0.365 e. The highest BCUT2D eigenvalue weighted by Crippen LogP contribution is 2.31. The van der Waals surface area contributed by atoms with Gasteiger partial charge in [-0.25, -0.2) is 4.98 Å². The third kappa shape index (κ3) is 5.16. The fourth-order valence-electron chi connectivity index (χ4n) is 2.18. The first-order chi connectivity index (χ1) is 10.6. The van der Waals surface area contributed by atoms with E-state index in [0.717, 1.165) is 28.0 Å². The van der Waals surface area contributed by atoms with Gasteiger partial charge in [0.2, 0.25) is 5.28 Å². The number of halogens is 3. The van der Waals surface area contributed by atoms with Crippen molar-refractivity contribution in [2.45, 2.75) is 25.9 Å². The number of thiophene rings is 1. The highest BCUT2D eigenvalue weighted by atomic mass is 35.5. The Morgan fingerprint density at radius 1 is 1.25 bits per heavy atom. The molecule has 0 radical (unpaired) electrons. The summed E-state index contributed by atoms with van der Waals surface area (Å²) in [5.41, 5.74) is 7.86. The van der Waals surface area contributed by atoms with E-state index in [-0.39, 0.29) is 36.1 Å². The number of nitrogens with one attached hydrogen (secondary N) is 1. The first-order valence-corrected chi connectivity index (χ1v) is 8.15. The predicted molar refractivity (Wildman–Crippen MR) is 106 cm³/mol. The molecule has 0 aliphatic rings. The van der Waals surface area contributed by atoms with Crippen molar-refractivity contribution in [3.63, 3.8) is 0 Å². The van der Waals surface area contributed by atoms with Gasteiger partial charge in [-0.2, -0.15) is 4.98 Å². The van der Waals surface area contributed by atoms with Crippen LogP contribution < -0.4 is 11.1 Å². The molecule has 3 N–H and O–H groups in total. The van der Waals surface area contributed by atoms with Crippen LogP contribution in [0.4, 0.5) is 5.82 Å². The SMILES string of the molecule is C[C@H](N)Cc1cc2nc(Cl)nc(NCc3ccncc3)c2s1.Cl.Cl. The number of rotatable bonds is 5. The summed E-state index contributed by atoms with van der Waals surface area (Å²) in [5.74, 6) is 0.757. The highest BCUT2D eigenvalue weighted by Gasteiger charge is 2.12. The van der Waals surface area contributed by atoms with Gasteiger partial charge >= 0.3 is 0 Å². The minimum absolute atomic E-state index is 0. The number of anilines is 1. The number of hydrogen-bond acceptors (Lipinski definition) is 6. The molecule has 0 saturated carbocycles. The number of pyridine rings is 1. The van der Waals surface area contributed by atoms with Crippen molar-refractivity contribution in [2.24, 2.45) is 5.73 Å². The lowest BCUT2D eigenvalue weighted by molar-refractivity contribution is 0.747. The Balaban J connectivity index is 0.00000144. The van der Waals surface area contributed by atoms with Gasteiger partial charge in [-0.15, -0.1) is 36.2 Å². The van der Waals surface area contributed by atoms with E-state index in [2.05, 4.69) is 20.3 Å². The van der Waals surface area contributed by atoms with Crippen LogP contribution in [0.5, 0.6) is 0 Å². The molecule has 9 heteroatoms. The molecule has 0 unspecified atom stereocenters. The van der Waals surface area contributed by atoms with Crippen LogP contribution in [0.15, 0.2) is 30.6 Å². The summed E-state index contributed by atoms with van der Waals surface area (Å²) < 4.78 is 1.01. The van der Waals surface area contributed by atoms with E-state index in [0.29, 0.717) is 6.54 Å². The minimum atomic E-state index is 0. The molecule has 0 aliphatic heterocycles. The topological polar surface area (TPSA) is 76.7 Å². The molecule has 130 valence electrons. The van der Waals surface area contributed by atoms with E-state index in [1.807, 2.05) is 25.1 Å². The average molecular weight is 407 g/mol. The van der Waals surface area contributed by atoms with Gasteiger partial charge in [0.05, 0.1) is 10.2 Å². The molecule has 0 amide bonds. The fraction of sp³-hybridized carbons (Fsp3) is 0.267. The van der Waals surface area contributed by atoms with Crippen LogP contribution in [-0.2, 0) is 13.0 Å². The summed E-state index contributed by atoms with van der Waals surface area (Å²) in [6.45, 7) is 2.65. The van der Waals surface area contributed by atoms with Gasteiger partial charge in [-0.05, 0) is 48.7 Å². The van der Waals surface area contributed by atoms with Gasteiger partial charge in [-0.1, -0.05) is 0 Å². The molecule has 3 aromatic rings. The second kappa shape index (κ2) is 9.34. The molecule has 0 aliphatic carbocycles. The number of nitrogens with zero attached hydrogens (tertiary/aromatic N) is 3. The predicted octanol–water partition coefficient (Wildman–Crippen LogP) is 4.09. The molecule has 0 fully saturated rings. The zero-order chi connectivity index (χ0) is 15.5. The first kappa shape index (κ1) is 20.9. The molecule has 0 saturated heterocycles.